The van der Waals surface area contributed by atoms with Crippen LogP contribution in [0.5, 0.6) is 0 Å². The zero-order valence-electron chi connectivity index (χ0n) is 41.7. The normalized spacial score (nSPS) is 13.5. The summed E-state index contributed by atoms with van der Waals surface area (Å²) in [6.45, 7) is 8.85. The van der Waals surface area contributed by atoms with E-state index >= 15 is 0 Å². The predicted octanol–water partition coefficient (Wildman–Crippen LogP) is 20.0. The third-order valence-corrected chi connectivity index (χ3v) is 15.0. The minimum absolute atomic E-state index is 1.02. The van der Waals surface area contributed by atoms with Gasteiger partial charge in [-0.1, -0.05) is 193 Å². The molecule has 0 aromatic heterocycles. The van der Waals surface area contributed by atoms with Crippen LogP contribution in [0.3, 0.4) is 0 Å². The standard InChI is InChI=1S/C70H58N2/c1-47-23-41-67(49(3)43-47)71(59-37-33-57(34-38-59)55-29-25-53(26-30-55)51-15-7-5-8-16-51)69-45-65-62-20-12-14-22-64(62)70(46-66(65)61-19-11-13-21-63(61)69)72(68-42-24-48(2)44-50(68)4)60-39-35-58(36-40-60)56-31-27-54(28-32-56)52-17-9-6-10-18-52/h5,7-9,11-25,27-29,31-46H,6,10,26,30H2,1-4H3. The lowest BCUT2D eigenvalue weighted by Gasteiger charge is -2.31. The van der Waals surface area contributed by atoms with E-state index in [-0.39, 0.29) is 0 Å². The SMILES string of the molecule is Cc1ccc(N(c2ccc(C3=CC=C(c4ccccc4)CC3)cc2)c2cc3c4ccccc4c(N(c4ccc(-c5ccc(C6=CCCC=C6)cc5)cc4)c4ccc(C)cc4C)cc3c3ccccc23)c(C)c1. The van der Waals surface area contributed by atoms with Crippen LogP contribution in [0.15, 0.2) is 231 Å². The van der Waals surface area contributed by atoms with Gasteiger partial charge in [-0.05, 0) is 179 Å². The Morgan fingerprint density at radius 1 is 0.333 bits per heavy atom. The second-order valence-corrected chi connectivity index (χ2v) is 19.8. The Balaban J connectivity index is 1.00. The van der Waals surface area contributed by atoms with Crippen LogP contribution in [0.2, 0.25) is 0 Å². The molecule has 10 aromatic carbocycles. The third-order valence-electron chi connectivity index (χ3n) is 15.0. The summed E-state index contributed by atoms with van der Waals surface area (Å²) in [5.74, 6) is 0. The highest BCUT2D eigenvalue weighted by atomic mass is 15.2. The number of fused-ring (bicyclic) bond motifs is 5. The average molecular weight is 927 g/mol. The summed E-state index contributed by atoms with van der Waals surface area (Å²) in [7, 11) is 0. The van der Waals surface area contributed by atoms with Crippen LogP contribution < -0.4 is 9.80 Å². The van der Waals surface area contributed by atoms with Crippen molar-refractivity contribution in [2.24, 2.45) is 0 Å². The molecular weight excluding hydrogens is 869 g/mol. The first-order chi connectivity index (χ1) is 35.3. The topological polar surface area (TPSA) is 6.48 Å². The lowest BCUT2D eigenvalue weighted by molar-refractivity contribution is 1.04. The van der Waals surface area contributed by atoms with Gasteiger partial charge in [0.25, 0.3) is 0 Å². The molecule has 0 fully saturated rings. The molecule has 2 heteroatoms. The van der Waals surface area contributed by atoms with Crippen molar-refractivity contribution >= 4 is 83.2 Å². The van der Waals surface area contributed by atoms with Crippen molar-refractivity contribution in [1.29, 1.82) is 0 Å². The van der Waals surface area contributed by atoms with E-state index in [1.807, 2.05) is 0 Å². The molecule has 0 saturated heterocycles. The Morgan fingerprint density at radius 3 is 1.22 bits per heavy atom. The third kappa shape index (κ3) is 8.43. The summed E-state index contributed by atoms with van der Waals surface area (Å²) in [5, 5.41) is 7.28. The molecule has 0 heterocycles. The molecule has 12 rings (SSSR count). The van der Waals surface area contributed by atoms with Gasteiger partial charge < -0.3 is 9.80 Å². The van der Waals surface area contributed by atoms with Gasteiger partial charge in [0.1, 0.15) is 0 Å². The molecule has 2 nitrogen and oxygen atoms in total. The Hall–Kier alpha value is -8.46. The summed E-state index contributed by atoms with van der Waals surface area (Å²) >= 11 is 0. The first-order valence-corrected chi connectivity index (χ1v) is 25.6. The highest BCUT2D eigenvalue weighted by molar-refractivity contribution is 6.24. The fourth-order valence-corrected chi connectivity index (χ4v) is 11.3. The van der Waals surface area contributed by atoms with Gasteiger partial charge in [0.15, 0.2) is 0 Å². The van der Waals surface area contributed by atoms with Crippen molar-refractivity contribution in [3.8, 4) is 11.1 Å². The molecule has 0 N–H and O–H groups in total. The van der Waals surface area contributed by atoms with Gasteiger partial charge in [0.05, 0.1) is 11.4 Å². The number of anilines is 6. The molecule has 0 saturated carbocycles. The molecule has 72 heavy (non-hydrogen) atoms. The first-order valence-electron chi connectivity index (χ1n) is 25.6. The molecule has 348 valence electrons. The molecule has 0 atom stereocenters. The van der Waals surface area contributed by atoms with E-state index in [4.69, 9.17) is 0 Å². The number of aryl methyl sites for hydroxylation is 4. The largest absolute Gasteiger partial charge is 0.310 e. The second kappa shape index (κ2) is 19.0. The summed E-state index contributed by atoms with van der Waals surface area (Å²) in [4.78, 5) is 4.98. The van der Waals surface area contributed by atoms with E-state index < -0.39 is 0 Å². The molecule has 0 spiro atoms. The van der Waals surface area contributed by atoms with Gasteiger partial charge in [0.2, 0.25) is 0 Å². The van der Waals surface area contributed by atoms with Crippen molar-refractivity contribution in [2.45, 2.75) is 53.4 Å². The summed E-state index contributed by atoms with van der Waals surface area (Å²) < 4.78 is 0. The van der Waals surface area contributed by atoms with E-state index in [1.54, 1.807) is 0 Å². The number of benzene rings is 10. The van der Waals surface area contributed by atoms with E-state index in [0.29, 0.717) is 0 Å². The molecule has 0 aliphatic heterocycles. The van der Waals surface area contributed by atoms with Crippen LogP contribution in [-0.4, -0.2) is 0 Å². The summed E-state index contributed by atoms with van der Waals surface area (Å²) in [6.07, 6.45) is 15.8. The van der Waals surface area contributed by atoms with Crippen molar-refractivity contribution in [2.75, 3.05) is 9.80 Å². The maximum Gasteiger partial charge on any atom is 0.0546 e. The van der Waals surface area contributed by atoms with Crippen LogP contribution in [0, 0.1) is 27.7 Å². The maximum atomic E-state index is 2.49. The molecule has 0 unspecified atom stereocenters. The van der Waals surface area contributed by atoms with Gasteiger partial charge in [-0.25, -0.2) is 0 Å². The first kappa shape index (κ1) is 44.7. The Labute approximate surface area is 424 Å². The quantitative estimate of drug-likeness (QED) is 0.126. The second-order valence-electron chi connectivity index (χ2n) is 19.8. The van der Waals surface area contributed by atoms with Crippen molar-refractivity contribution in [3.05, 3.63) is 270 Å². The number of rotatable bonds is 10. The lowest BCUT2D eigenvalue weighted by atomic mass is 9.90. The zero-order valence-corrected chi connectivity index (χ0v) is 41.7. The molecule has 0 radical (unpaired) electrons. The number of hydrogen-bond acceptors (Lipinski definition) is 2. The van der Waals surface area contributed by atoms with Crippen molar-refractivity contribution < 1.29 is 0 Å². The van der Waals surface area contributed by atoms with Crippen LogP contribution in [0.1, 0.15) is 64.6 Å². The van der Waals surface area contributed by atoms with E-state index in [1.165, 1.54) is 105 Å². The number of allylic oxidation sites excluding steroid dienone is 8. The van der Waals surface area contributed by atoms with Gasteiger partial charge in [-0.2, -0.15) is 0 Å². The molecular formula is C70H58N2. The maximum absolute atomic E-state index is 2.49. The average Bonchev–Trinajstić information content (AvgIpc) is 3.43. The molecule has 10 aromatic rings. The Morgan fingerprint density at radius 2 is 0.764 bits per heavy atom. The van der Waals surface area contributed by atoms with Crippen molar-refractivity contribution in [1.82, 2.24) is 0 Å². The van der Waals surface area contributed by atoms with Gasteiger partial charge in [-0.15, -0.1) is 0 Å². The monoisotopic (exact) mass is 926 g/mol. The van der Waals surface area contributed by atoms with Crippen LogP contribution >= 0.6 is 0 Å². The fraction of sp³-hybridized carbons (Fsp3) is 0.114. The highest BCUT2D eigenvalue weighted by Gasteiger charge is 2.24. The lowest BCUT2D eigenvalue weighted by Crippen LogP contribution is -2.13. The molecule has 2 aliphatic carbocycles. The molecule has 2 aliphatic rings. The Kier molecular flexibility index (Phi) is 11.8. The minimum Gasteiger partial charge on any atom is -0.310 e. The van der Waals surface area contributed by atoms with Gasteiger partial charge in [0, 0.05) is 33.5 Å². The van der Waals surface area contributed by atoms with E-state index in [9.17, 15) is 0 Å². The molecule has 0 amide bonds. The zero-order chi connectivity index (χ0) is 48.7. The van der Waals surface area contributed by atoms with Gasteiger partial charge in [-0.3, -0.25) is 0 Å². The van der Waals surface area contributed by atoms with Crippen LogP contribution in [0.4, 0.5) is 34.1 Å². The van der Waals surface area contributed by atoms with E-state index in [0.717, 1.165) is 54.1 Å². The van der Waals surface area contributed by atoms with E-state index in [2.05, 4.69) is 268 Å². The highest BCUT2D eigenvalue weighted by Crippen LogP contribution is 2.49. The smallest absolute Gasteiger partial charge is 0.0546 e. The van der Waals surface area contributed by atoms with Crippen LogP contribution in [-0.2, 0) is 0 Å². The van der Waals surface area contributed by atoms with Gasteiger partial charge >= 0.3 is 0 Å². The fourth-order valence-electron chi connectivity index (χ4n) is 11.3. The Bertz CT molecular complexity index is 3810. The minimum atomic E-state index is 1.02. The van der Waals surface area contributed by atoms with Crippen LogP contribution in [0.25, 0.3) is 60.2 Å². The number of hydrogen-bond donors (Lipinski definition) is 0. The number of nitrogens with zero attached hydrogens (tertiary/aromatic N) is 2. The predicted molar refractivity (Wildman–Crippen MR) is 311 cm³/mol. The summed E-state index contributed by atoms with van der Waals surface area (Å²) in [6, 6.07) is 74.9. The molecule has 0 bridgehead atoms. The van der Waals surface area contributed by atoms with Crippen molar-refractivity contribution in [3.63, 3.8) is 0 Å². The summed E-state index contributed by atoms with van der Waals surface area (Å²) in [5.41, 5.74) is 22.2.